The number of anilines is 1. The molecular formula is C21H22ClN5O2S. The highest BCUT2D eigenvalue weighted by Crippen LogP contribution is 2.22. The lowest BCUT2D eigenvalue weighted by Crippen LogP contribution is -2.28. The van der Waals surface area contributed by atoms with Crippen LogP contribution in [0.5, 0.6) is 0 Å². The number of hydrogen-bond donors (Lipinski definition) is 2. The monoisotopic (exact) mass is 443 g/mol. The Kier molecular flexibility index (Phi) is 7.12. The summed E-state index contributed by atoms with van der Waals surface area (Å²) in [5.41, 5.74) is 2.24. The lowest BCUT2D eigenvalue weighted by molar-refractivity contribution is -0.113. The minimum Gasteiger partial charge on any atom is -0.342 e. The lowest BCUT2D eigenvalue weighted by Gasteiger charge is -2.14. The fourth-order valence-corrected chi connectivity index (χ4v) is 3.66. The number of benzene rings is 2. The quantitative estimate of drug-likeness (QED) is 0.539. The van der Waals surface area contributed by atoms with Gasteiger partial charge in [0.1, 0.15) is 0 Å². The third-order valence-electron chi connectivity index (χ3n) is 4.40. The summed E-state index contributed by atoms with van der Waals surface area (Å²) in [4.78, 5) is 24.6. The van der Waals surface area contributed by atoms with Crippen LogP contribution in [-0.4, -0.2) is 32.3 Å². The van der Waals surface area contributed by atoms with Crippen molar-refractivity contribution >= 4 is 40.9 Å². The van der Waals surface area contributed by atoms with Gasteiger partial charge < -0.3 is 15.2 Å². The van der Waals surface area contributed by atoms with Gasteiger partial charge in [-0.15, -0.1) is 10.2 Å². The Hall–Kier alpha value is -2.84. The highest BCUT2D eigenvalue weighted by molar-refractivity contribution is 7.99. The van der Waals surface area contributed by atoms with E-state index in [0.717, 1.165) is 5.56 Å². The van der Waals surface area contributed by atoms with Gasteiger partial charge in [0.25, 0.3) is 5.91 Å². The fraction of sp³-hybridized carbons (Fsp3) is 0.238. The summed E-state index contributed by atoms with van der Waals surface area (Å²) in [6.45, 7) is 3.81. The molecular weight excluding hydrogens is 422 g/mol. The van der Waals surface area contributed by atoms with Crippen molar-refractivity contribution in [2.24, 2.45) is 7.05 Å². The summed E-state index contributed by atoms with van der Waals surface area (Å²) in [7, 11) is 1.80. The van der Waals surface area contributed by atoms with E-state index in [0.29, 0.717) is 27.3 Å². The second kappa shape index (κ2) is 9.77. The highest BCUT2D eigenvalue weighted by Gasteiger charge is 2.19. The van der Waals surface area contributed by atoms with E-state index in [-0.39, 0.29) is 23.6 Å². The Morgan fingerprint density at radius 3 is 2.53 bits per heavy atom. The maximum Gasteiger partial charge on any atom is 0.251 e. The van der Waals surface area contributed by atoms with Gasteiger partial charge in [0.2, 0.25) is 5.91 Å². The first kappa shape index (κ1) is 21.9. The third-order valence-corrected chi connectivity index (χ3v) is 5.75. The molecule has 0 saturated carbocycles. The van der Waals surface area contributed by atoms with E-state index in [1.807, 2.05) is 26.0 Å². The van der Waals surface area contributed by atoms with Crippen LogP contribution in [0.15, 0.2) is 53.7 Å². The molecule has 0 bridgehead atoms. The normalized spacial score (nSPS) is 11.7. The Bertz CT molecular complexity index is 1050. The van der Waals surface area contributed by atoms with Crippen molar-refractivity contribution in [3.8, 4) is 0 Å². The number of rotatable bonds is 7. The maximum absolute atomic E-state index is 12.4. The van der Waals surface area contributed by atoms with E-state index in [1.54, 1.807) is 48.0 Å². The number of aryl methyl sites for hydroxylation is 1. The van der Waals surface area contributed by atoms with Crippen molar-refractivity contribution in [2.75, 3.05) is 11.1 Å². The van der Waals surface area contributed by atoms with Gasteiger partial charge >= 0.3 is 0 Å². The zero-order valence-electron chi connectivity index (χ0n) is 16.8. The molecule has 2 aromatic carbocycles. The van der Waals surface area contributed by atoms with E-state index < -0.39 is 0 Å². The molecule has 0 unspecified atom stereocenters. The van der Waals surface area contributed by atoms with Crippen molar-refractivity contribution in [3.63, 3.8) is 0 Å². The van der Waals surface area contributed by atoms with Crippen molar-refractivity contribution in [1.82, 2.24) is 20.1 Å². The number of nitrogens with zero attached hydrogens (tertiary/aromatic N) is 3. The van der Waals surface area contributed by atoms with Crippen LogP contribution in [0.25, 0.3) is 0 Å². The Morgan fingerprint density at radius 1 is 1.13 bits per heavy atom. The maximum atomic E-state index is 12.4. The van der Waals surface area contributed by atoms with E-state index in [1.165, 1.54) is 11.8 Å². The predicted octanol–water partition coefficient (Wildman–Crippen LogP) is 4.00. The zero-order valence-corrected chi connectivity index (χ0v) is 18.4. The molecule has 30 heavy (non-hydrogen) atoms. The third kappa shape index (κ3) is 5.40. The van der Waals surface area contributed by atoms with Crippen LogP contribution in [0, 0.1) is 6.92 Å². The van der Waals surface area contributed by atoms with Gasteiger partial charge in [-0.3, -0.25) is 9.59 Å². The smallest absolute Gasteiger partial charge is 0.251 e. The minimum absolute atomic E-state index is 0.154. The Balaban J connectivity index is 1.58. The minimum atomic E-state index is -0.345. The first-order chi connectivity index (χ1) is 14.3. The van der Waals surface area contributed by atoms with Gasteiger partial charge in [-0.2, -0.15) is 0 Å². The summed E-state index contributed by atoms with van der Waals surface area (Å²) >= 11 is 7.32. The van der Waals surface area contributed by atoms with E-state index in [9.17, 15) is 9.59 Å². The number of amides is 2. The SMILES string of the molecule is Cc1ccc(C(=O)N[C@@H](C)c2nnc(SCC(=O)Nc3ccccc3Cl)n2C)cc1. The first-order valence-corrected chi connectivity index (χ1v) is 10.7. The summed E-state index contributed by atoms with van der Waals surface area (Å²) in [6, 6.07) is 14.1. The van der Waals surface area contributed by atoms with Crippen LogP contribution in [0.3, 0.4) is 0 Å². The molecule has 2 N–H and O–H groups in total. The molecule has 0 saturated heterocycles. The van der Waals surface area contributed by atoms with Gasteiger partial charge in [-0.05, 0) is 38.1 Å². The van der Waals surface area contributed by atoms with Gasteiger partial charge in [0, 0.05) is 12.6 Å². The summed E-state index contributed by atoms with van der Waals surface area (Å²) in [5, 5.41) is 15.1. The summed E-state index contributed by atoms with van der Waals surface area (Å²) in [6.07, 6.45) is 0. The molecule has 9 heteroatoms. The average Bonchev–Trinajstić information content (AvgIpc) is 3.09. The van der Waals surface area contributed by atoms with Crippen LogP contribution in [-0.2, 0) is 11.8 Å². The number of hydrogen-bond acceptors (Lipinski definition) is 5. The molecule has 0 aliphatic rings. The number of aromatic nitrogens is 3. The lowest BCUT2D eigenvalue weighted by atomic mass is 10.1. The van der Waals surface area contributed by atoms with Crippen molar-refractivity contribution in [3.05, 3.63) is 70.5 Å². The highest BCUT2D eigenvalue weighted by atomic mass is 35.5. The molecule has 0 fully saturated rings. The molecule has 2 amide bonds. The second-order valence-electron chi connectivity index (χ2n) is 6.78. The van der Waals surface area contributed by atoms with Crippen LogP contribution in [0.1, 0.15) is 34.7 Å². The van der Waals surface area contributed by atoms with Gasteiger partial charge in [-0.25, -0.2) is 0 Å². The first-order valence-electron chi connectivity index (χ1n) is 9.29. The van der Waals surface area contributed by atoms with Crippen molar-refractivity contribution in [2.45, 2.75) is 25.0 Å². The summed E-state index contributed by atoms with van der Waals surface area (Å²) in [5.74, 6) is 0.378. The zero-order chi connectivity index (χ0) is 21.7. The topological polar surface area (TPSA) is 88.9 Å². The van der Waals surface area contributed by atoms with Crippen LogP contribution < -0.4 is 10.6 Å². The molecule has 3 aromatic rings. The largest absolute Gasteiger partial charge is 0.342 e. The molecule has 0 spiro atoms. The second-order valence-corrected chi connectivity index (χ2v) is 8.13. The number of nitrogens with one attached hydrogen (secondary N) is 2. The average molecular weight is 444 g/mol. The van der Waals surface area contributed by atoms with Gasteiger partial charge in [0.05, 0.1) is 22.5 Å². The number of thioether (sulfide) groups is 1. The molecule has 1 aromatic heterocycles. The van der Waals surface area contributed by atoms with Gasteiger partial charge in [0.15, 0.2) is 11.0 Å². The molecule has 7 nitrogen and oxygen atoms in total. The molecule has 1 heterocycles. The number of halogens is 1. The van der Waals surface area contributed by atoms with E-state index >= 15 is 0 Å². The number of para-hydroxylation sites is 1. The molecule has 0 aliphatic carbocycles. The van der Waals surface area contributed by atoms with E-state index in [2.05, 4.69) is 20.8 Å². The van der Waals surface area contributed by atoms with Crippen molar-refractivity contribution in [1.29, 1.82) is 0 Å². The van der Waals surface area contributed by atoms with Gasteiger partial charge in [-0.1, -0.05) is 53.2 Å². The number of carbonyl (C=O) groups excluding carboxylic acids is 2. The van der Waals surface area contributed by atoms with Crippen LogP contribution >= 0.6 is 23.4 Å². The molecule has 0 radical (unpaired) electrons. The molecule has 1 atom stereocenters. The molecule has 156 valence electrons. The Morgan fingerprint density at radius 2 is 1.83 bits per heavy atom. The molecule has 3 rings (SSSR count). The fourth-order valence-electron chi connectivity index (χ4n) is 2.76. The van der Waals surface area contributed by atoms with E-state index in [4.69, 9.17) is 11.6 Å². The number of carbonyl (C=O) groups is 2. The standard InChI is InChI=1S/C21H22ClN5O2S/c1-13-8-10-15(11-9-13)20(29)23-14(2)19-25-26-21(27(19)3)30-12-18(28)24-17-7-5-4-6-16(17)22/h4-11,14H,12H2,1-3H3,(H,23,29)(H,24,28)/t14-/m0/s1. The molecule has 0 aliphatic heterocycles. The predicted molar refractivity (Wildman–Crippen MR) is 119 cm³/mol. The van der Waals surface area contributed by atoms with Crippen molar-refractivity contribution < 1.29 is 9.59 Å². The van der Waals surface area contributed by atoms with Crippen LogP contribution in [0.4, 0.5) is 5.69 Å². The summed E-state index contributed by atoms with van der Waals surface area (Å²) < 4.78 is 1.77. The Labute approximate surface area is 184 Å². The van der Waals surface area contributed by atoms with Crippen LogP contribution in [0.2, 0.25) is 5.02 Å².